The van der Waals surface area contributed by atoms with Gasteiger partial charge in [0.1, 0.15) is 0 Å². The first kappa shape index (κ1) is 13.1. The molecule has 0 radical (unpaired) electrons. The molecule has 1 amide bonds. The number of hydrogen-bond donors (Lipinski definition) is 0. The summed E-state index contributed by atoms with van der Waals surface area (Å²) in [5.74, 6) is -0.810. The molecule has 0 fully saturated rings. The van der Waals surface area contributed by atoms with Gasteiger partial charge in [-0.25, -0.2) is 4.98 Å². The van der Waals surface area contributed by atoms with Crippen LogP contribution in [0.1, 0.15) is 21.7 Å². The van der Waals surface area contributed by atoms with E-state index in [1.54, 1.807) is 7.05 Å². The van der Waals surface area contributed by atoms with Gasteiger partial charge in [0.2, 0.25) is 5.95 Å². The lowest BCUT2D eigenvalue weighted by atomic mass is 10.2. The molecule has 0 unspecified atom stereocenters. The average molecular weight is 259 g/mol. The highest BCUT2D eigenvalue weighted by molar-refractivity contribution is 5.93. The Bertz CT molecular complexity index is 583. The quantitative estimate of drug-likeness (QED) is 0.794. The van der Waals surface area contributed by atoms with Crippen LogP contribution in [0.3, 0.4) is 0 Å². The van der Waals surface area contributed by atoms with Gasteiger partial charge < -0.3 is 4.90 Å². The third-order valence-electron chi connectivity index (χ3n) is 2.67. The second-order valence-electron chi connectivity index (χ2n) is 4.30. The SMILES string of the molecule is Cc1cccc(CN(C)C(=O)c2ccc(F)nc2)n1. The van der Waals surface area contributed by atoms with E-state index in [0.717, 1.165) is 11.4 Å². The van der Waals surface area contributed by atoms with Gasteiger partial charge in [0, 0.05) is 18.9 Å². The van der Waals surface area contributed by atoms with Crippen molar-refractivity contribution in [2.75, 3.05) is 7.05 Å². The normalized spacial score (nSPS) is 10.3. The van der Waals surface area contributed by atoms with Crippen molar-refractivity contribution in [2.24, 2.45) is 0 Å². The Balaban J connectivity index is 2.09. The molecule has 98 valence electrons. The molecule has 4 nitrogen and oxygen atoms in total. The number of halogens is 1. The zero-order valence-electron chi connectivity index (χ0n) is 10.8. The molecule has 0 N–H and O–H groups in total. The molecule has 0 aliphatic rings. The first-order chi connectivity index (χ1) is 9.06. The van der Waals surface area contributed by atoms with Crippen molar-refractivity contribution in [1.82, 2.24) is 14.9 Å². The highest BCUT2D eigenvalue weighted by atomic mass is 19.1. The molecule has 0 saturated heterocycles. The highest BCUT2D eigenvalue weighted by Gasteiger charge is 2.13. The van der Waals surface area contributed by atoms with Crippen molar-refractivity contribution in [2.45, 2.75) is 13.5 Å². The van der Waals surface area contributed by atoms with Crippen LogP contribution >= 0.6 is 0 Å². The van der Waals surface area contributed by atoms with Gasteiger partial charge in [-0.1, -0.05) is 6.07 Å². The van der Waals surface area contributed by atoms with Gasteiger partial charge in [-0.05, 0) is 31.2 Å². The van der Waals surface area contributed by atoms with Crippen LogP contribution in [0.2, 0.25) is 0 Å². The summed E-state index contributed by atoms with van der Waals surface area (Å²) in [7, 11) is 1.68. The monoisotopic (exact) mass is 259 g/mol. The van der Waals surface area contributed by atoms with Crippen molar-refractivity contribution < 1.29 is 9.18 Å². The first-order valence-electron chi connectivity index (χ1n) is 5.86. The lowest BCUT2D eigenvalue weighted by Gasteiger charge is -2.16. The summed E-state index contributed by atoms with van der Waals surface area (Å²) in [5, 5.41) is 0. The van der Waals surface area contributed by atoms with E-state index in [2.05, 4.69) is 9.97 Å². The summed E-state index contributed by atoms with van der Waals surface area (Å²) in [6, 6.07) is 8.25. The number of pyridine rings is 2. The fourth-order valence-corrected chi connectivity index (χ4v) is 1.73. The minimum atomic E-state index is -0.598. The Labute approximate surface area is 110 Å². The molecular formula is C14H14FN3O. The molecule has 5 heteroatoms. The third kappa shape index (κ3) is 3.34. The maximum atomic E-state index is 12.7. The molecular weight excluding hydrogens is 245 g/mol. The van der Waals surface area contributed by atoms with Crippen molar-refractivity contribution in [3.05, 3.63) is 59.4 Å². The van der Waals surface area contributed by atoms with Crippen LogP contribution in [0.4, 0.5) is 4.39 Å². The maximum Gasteiger partial charge on any atom is 0.255 e. The van der Waals surface area contributed by atoms with E-state index in [4.69, 9.17) is 0 Å². The molecule has 2 heterocycles. The molecule has 0 aromatic carbocycles. The van der Waals surface area contributed by atoms with Crippen LogP contribution in [0, 0.1) is 12.9 Å². The smallest absolute Gasteiger partial charge is 0.255 e. The zero-order valence-corrected chi connectivity index (χ0v) is 10.8. The van der Waals surface area contributed by atoms with Crippen LogP contribution in [-0.2, 0) is 6.54 Å². The Morgan fingerprint density at radius 2 is 2.11 bits per heavy atom. The van der Waals surface area contributed by atoms with Gasteiger partial charge in [0.15, 0.2) is 0 Å². The van der Waals surface area contributed by atoms with Gasteiger partial charge in [0.25, 0.3) is 5.91 Å². The summed E-state index contributed by atoms with van der Waals surface area (Å²) in [5.41, 5.74) is 2.07. The standard InChI is InChI=1S/C14H14FN3O/c1-10-4-3-5-12(17-10)9-18(2)14(19)11-6-7-13(15)16-8-11/h3-8H,9H2,1-2H3. The third-order valence-corrected chi connectivity index (χ3v) is 2.67. The van der Waals surface area contributed by atoms with E-state index >= 15 is 0 Å². The zero-order chi connectivity index (χ0) is 13.8. The number of carbonyl (C=O) groups is 1. The summed E-state index contributed by atoms with van der Waals surface area (Å²) >= 11 is 0. The Morgan fingerprint density at radius 3 is 2.74 bits per heavy atom. The van der Waals surface area contributed by atoms with Crippen LogP contribution in [0.15, 0.2) is 36.5 Å². The summed E-state index contributed by atoms with van der Waals surface area (Å²) in [4.78, 5) is 21.4. The molecule has 0 saturated carbocycles. The number of hydrogen-bond acceptors (Lipinski definition) is 3. The number of nitrogens with zero attached hydrogens (tertiary/aromatic N) is 3. The highest BCUT2D eigenvalue weighted by Crippen LogP contribution is 2.07. The van der Waals surface area contributed by atoms with E-state index in [1.165, 1.54) is 23.2 Å². The van der Waals surface area contributed by atoms with Gasteiger partial charge in [-0.2, -0.15) is 4.39 Å². The minimum Gasteiger partial charge on any atom is -0.336 e. The van der Waals surface area contributed by atoms with Gasteiger partial charge in [-0.15, -0.1) is 0 Å². The van der Waals surface area contributed by atoms with Gasteiger partial charge in [-0.3, -0.25) is 9.78 Å². The molecule has 0 atom stereocenters. The Hall–Kier alpha value is -2.30. The minimum absolute atomic E-state index is 0.212. The number of aromatic nitrogens is 2. The molecule has 0 spiro atoms. The molecule has 0 bridgehead atoms. The van der Waals surface area contributed by atoms with E-state index in [-0.39, 0.29) is 5.91 Å². The molecule has 2 rings (SSSR count). The van der Waals surface area contributed by atoms with E-state index < -0.39 is 5.95 Å². The lowest BCUT2D eigenvalue weighted by Crippen LogP contribution is -2.26. The van der Waals surface area contributed by atoms with E-state index in [9.17, 15) is 9.18 Å². The molecule has 0 aliphatic heterocycles. The van der Waals surface area contributed by atoms with E-state index in [0.29, 0.717) is 12.1 Å². The number of carbonyl (C=O) groups excluding carboxylic acids is 1. The van der Waals surface area contributed by atoms with Crippen molar-refractivity contribution in [3.63, 3.8) is 0 Å². The molecule has 2 aromatic heterocycles. The van der Waals surface area contributed by atoms with Crippen molar-refractivity contribution in [1.29, 1.82) is 0 Å². The van der Waals surface area contributed by atoms with Crippen LogP contribution in [0.5, 0.6) is 0 Å². The van der Waals surface area contributed by atoms with Crippen LogP contribution < -0.4 is 0 Å². The predicted molar refractivity (Wildman–Crippen MR) is 69.0 cm³/mol. The van der Waals surface area contributed by atoms with Gasteiger partial charge >= 0.3 is 0 Å². The van der Waals surface area contributed by atoms with Crippen LogP contribution in [-0.4, -0.2) is 27.8 Å². The number of amides is 1. The van der Waals surface area contributed by atoms with E-state index in [1.807, 2.05) is 25.1 Å². The first-order valence-corrected chi connectivity index (χ1v) is 5.86. The maximum absolute atomic E-state index is 12.7. The summed E-state index contributed by atoms with van der Waals surface area (Å²) < 4.78 is 12.7. The molecule has 0 aliphatic carbocycles. The second kappa shape index (κ2) is 5.56. The van der Waals surface area contributed by atoms with Crippen LogP contribution in [0.25, 0.3) is 0 Å². The largest absolute Gasteiger partial charge is 0.336 e. The lowest BCUT2D eigenvalue weighted by molar-refractivity contribution is 0.0783. The summed E-state index contributed by atoms with van der Waals surface area (Å²) in [6.07, 6.45) is 1.23. The van der Waals surface area contributed by atoms with Crippen molar-refractivity contribution in [3.8, 4) is 0 Å². The average Bonchev–Trinajstić information content (AvgIpc) is 2.39. The van der Waals surface area contributed by atoms with Crippen molar-refractivity contribution >= 4 is 5.91 Å². The summed E-state index contributed by atoms with van der Waals surface area (Å²) in [6.45, 7) is 2.30. The number of rotatable bonds is 3. The number of aryl methyl sites for hydroxylation is 1. The Morgan fingerprint density at radius 1 is 1.32 bits per heavy atom. The fraction of sp³-hybridized carbons (Fsp3) is 0.214. The molecule has 19 heavy (non-hydrogen) atoms. The van der Waals surface area contributed by atoms with Gasteiger partial charge in [0.05, 0.1) is 17.8 Å². The molecule has 2 aromatic rings. The fourth-order valence-electron chi connectivity index (χ4n) is 1.73. The predicted octanol–water partition coefficient (Wildman–Crippen LogP) is 2.20. The second-order valence-corrected chi connectivity index (χ2v) is 4.30. The Kier molecular flexibility index (Phi) is 3.85. The topological polar surface area (TPSA) is 46.1 Å².